The van der Waals surface area contributed by atoms with E-state index in [1.165, 1.54) is 4.90 Å². The lowest BCUT2D eigenvalue weighted by Gasteiger charge is -2.43. The summed E-state index contributed by atoms with van der Waals surface area (Å²) >= 11 is 0. The van der Waals surface area contributed by atoms with Crippen LogP contribution in [0.25, 0.3) is 0 Å². The first-order valence-electron chi connectivity index (χ1n) is 16.6. The van der Waals surface area contributed by atoms with Gasteiger partial charge in [0.25, 0.3) is 5.91 Å². The van der Waals surface area contributed by atoms with Crippen molar-refractivity contribution in [3.8, 4) is 0 Å². The van der Waals surface area contributed by atoms with Crippen molar-refractivity contribution in [2.45, 2.75) is 128 Å². The second-order valence-corrected chi connectivity index (χ2v) is 18.3. The number of nitrogens with two attached hydrogens (primary N) is 1. The van der Waals surface area contributed by atoms with E-state index in [0.717, 1.165) is 19.3 Å². The fraction of sp³-hybridized carbons (Fsp3) is 0.844. The predicted octanol–water partition coefficient (Wildman–Crippen LogP) is 1.80. The SMILES string of the molecule is CC[C@H]1CC1(NC(=O)[C@@H]1[C@@H]2[C@H](CN1C(=O)[C@@H](NC(=O)NC1(C3CCCS3(=O)=O)CCCCC1)C(C)(C)C)C2(C)C)C(=O)C(N)=O. The molecule has 0 radical (unpaired) electrons. The number of sulfone groups is 1. The number of likely N-dealkylation sites (tertiary alicyclic amines) is 1. The highest BCUT2D eigenvalue weighted by molar-refractivity contribution is 7.92. The van der Waals surface area contributed by atoms with Gasteiger partial charge in [0.15, 0.2) is 9.84 Å². The summed E-state index contributed by atoms with van der Waals surface area (Å²) in [6.45, 7) is 11.8. The number of Topliss-reactive ketones (excluding diaryl/α,β-unsaturated/α-hetero) is 1. The Labute approximate surface area is 266 Å². The fourth-order valence-corrected chi connectivity index (χ4v) is 11.3. The summed E-state index contributed by atoms with van der Waals surface area (Å²) in [7, 11) is -3.35. The van der Waals surface area contributed by atoms with Gasteiger partial charge < -0.3 is 26.6 Å². The van der Waals surface area contributed by atoms with E-state index in [9.17, 15) is 32.4 Å². The summed E-state index contributed by atoms with van der Waals surface area (Å²) in [4.78, 5) is 68.2. The van der Waals surface area contributed by atoms with E-state index in [4.69, 9.17) is 5.73 Å². The van der Waals surface area contributed by atoms with Crippen molar-refractivity contribution in [1.29, 1.82) is 0 Å². The molecule has 5 N–H and O–H groups in total. The summed E-state index contributed by atoms with van der Waals surface area (Å²) < 4.78 is 26.0. The molecule has 5 fully saturated rings. The molecule has 12 nitrogen and oxygen atoms in total. The lowest BCUT2D eigenvalue weighted by Crippen LogP contribution is -2.65. The van der Waals surface area contributed by atoms with Crippen LogP contribution >= 0.6 is 0 Å². The number of fused-ring (bicyclic) bond motifs is 1. The van der Waals surface area contributed by atoms with E-state index in [0.29, 0.717) is 45.1 Å². The molecular formula is C32H51N5O7S. The van der Waals surface area contributed by atoms with Gasteiger partial charge in [0.2, 0.25) is 17.6 Å². The Balaban J connectivity index is 1.37. The summed E-state index contributed by atoms with van der Waals surface area (Å²) in [5, 5.41) is 8.15. The van der Waals surface area contributed by atoms with Gasteiger partial charge in [-0.2, -0.15) is 0 Å². The number of primary amides is 1. The molecule has 2 heterocycles. The number of hydrogen-bond donors (Lipinski definition) is 4. The molecule has 0 bridgehead atoms. The van der Waals surface area contributed by atoms with Crippen molar-refractivity contribution in [2.75, 3.05) is 12.3 Å². The van der Waals surface area contributed by atoms with E-state index in [1.54, 1.807) is 0 Å². The van der Waals surface area contributed by atoms with Gasteiger partial charge in [-0.15, -0.1) is 0 Å². The molecule has 0 spiro atoms. The Bertz CT molecular complexity index is 1380. The van der Waals surface area contributed by atoms with Crippen molar-refractivity contribution in [1.82, 2.24) is 20.9 Å². The Morgan fingerprint density at radius 2 is 1.64 bits per heavy atom. The molecule has 7 atom stereocenters. The van der Waals surface area contributed by atoms with Crippen LogP contribution < -0.4 is 21.7 Å². The number of nitrogens with zero attached hydrogens (tertiary/aromatic N) is 1. The molecule has 5 amide bonds. The van der Waals surface area contributed by atoms with Crippen molar-refractivity contribution in [3.63, 3.8) is 0 Å². The second-order valence-electron chi connectivity index (χ2n) is 16.0. The van der Waals surface area contributed by atoms with Crippen molar-refractivity contribution in [2.24, 2.45) is 34.3 Å². The summed E-state index contributed by atoms with van der Waals surface area (Å²) in [6.07, 6.45) is 5.72. The smallest absolute Gasteiger partial charge is 0.315 e. The maximum absolute atomic E-state index is 14.4. The van der Waals surface area contributed by atoms with Gasteiger partial charge in [-0.3, -0.25) is 19.2 Å². The van der Waals surface area contributed by atoms with Crippen LogP contribution in [0.5, 0.6) is 0 Å². The largest absolute Gasteiger partial charge is 0.363 e. The number of nitrogens with one attached hydrogen (secondary N) is 3. The van der Waals surface area contributed by atoms with E-state index in [-0.39, 0.29) is 28.9 Å². The van der Waals surface area contributed by atoms with Crippen LogP contribution in [0.15, 0.2) is 0 Å². The van der Waals surface area contributed by atoms with Crippen LogP contribution in [0.4, 0.5) is 4.79 Å². The quantitative estimate of drug-likeness (QED) is 0.274. The van der Waals surface area contributed by atoms with Crippen molar-refractivity contribution < 1.29 is 32.4 Å². The fourth-order valence-electron chi connectivity index (χ4n) is 8.97. The molecule has 0 aromatic carbocycles. The number of carbonyl (C=O) groups is 5. The maximum atomic E-state index is 14.4. The number of hydrogen-bond acceptors (Lipinski definition) is 7. The van der Waals surface area contributed by atoms with E-state index < -0.39 is 73.2 Å². The Morgan fingerprint density at radius 3 is 2.16 bits per heavy atom. The van der Waals surface area contributed by atoms with Gasteiger partial charge in [0, 0.05) is 6.54 Å². The molecule has 2 aliphatic heterocycles. The molecule has 0 aromatic rings. The Kier molecular flexibility index (Phi) is 8.40. The molecule has 45 heavy (non-hydrogen) atoms. The zero-order valence-electron chi connectivity index (χ0n) is 27.5. The predicted molar refractivity (Wildman–Crippen MR) is 167 cm³/mol. The normalized spacial score (nSPS) is 34.6. The lowest BCUT2D eigenvalue weighted by molar-refractivity contribution is -0.145. The Hall–Kier alpha value is -2.70. The molecule has 2 saturated heterocycles. The summed E-state index contributed by atoms with van der Waals surface area (Å²) in [5.41, 5.74) is 2.17. The van der Waals surface area contributed by atoms with Crippen molar-refractivity contribution >= 4 is 39.4 Å². The van der Waals surface area contributed by atoms with E-state index in [2.05, 4.69) is 16.0 Å². The number of rotatable bonds is 9. The van der Waals surface area contributed by atoms with Gasteiger partial charge in [-0.1, -0.05) is 67.2 Å². The minimum atomic E-state index is -3.35. The molecule has 2 unspecified atom stereocenters. The van der Waals surface area contributed by atoms with Gasteiger partial charge in [-0.05, 0) is 60.7 Å². The molecule has 3 aliphatic carbocycles. The molecule has 5 rings (SSSR count). The van der Waals surface area contributed by atoms with Crippen LogP contribution in [0.1, 0.15) is 99.3 Å². The number of ketones is 1. The van der Waals surface area contributed by atoms with Gasteiger partial charge in [0.05, 0.1) is 16.5 Å². The second kappa shape index (κ2) is 11.2. The first kappa shape index (κ1) is 33.7. The Morgan fingerprint density at radius 1 is 1.00 bits per heavy atom. The molecular weight excluding hydrogens is 598 g/mol. The molecule has 0 aromatic heterocycles. The standard InChI is InChI=1S/C32H51N5O7S/c1-7-18-16-32(18,24(38)25(33)39)35-26(40)22-21-19(30(21,5)6)17-37(22)27(41)23(29(2,3)4)34-28(42)36-31(13-9-8-10-14-31)20-12-11-15-45(20,43)44/h18-23H,7-17H2,1-6H3,(H2,33,39)(H,35,40)(H2,34,36,42)/t18-,19-,20?,21-,22-,23+,32?/m0/s1. The van der Waals surface area contributed by atoms with Crippen LogP contribution in [0.3, 0.4) is 0 Å². The summed E-state index contributed by atoms with van der Waals surface area (Å²) in [5.74, 6) is -2.99. The first-order chi connectivity index (χ1) is 20.8. The molecule has 5 aliphatic rings. The zero-order valence-corrected chi connectivity index (χ0v) is 28.3. The van der Waals surface area contributed by atoms with E-state index in [1.807, 2.05) is 41.5 Å². The molecule has 13 heteroatoms. The van der Waals surface area contributed by atoms with Crippen LogP contribution in [0.2, 0.25) is 0 Å². The highest BCUT2D eigenvalue weighted by Crippen LogP contribution is 2.65. The number of amides is 5. The maximum Gasteiger partial charge on any atom is 0.315 e. The minimum absolute atomic E-state index is 0.0636. The molecule has 252 valence electrons. The lowest BCUT2D eigenvalue weighted by atomic mass is 9.78. The number of carbonyl (C=O) groups excluding carboxylic acids is 5. The van der Waals surface area contributed by atoms with E-state index >= 15 is 0 Å². The highest BCUT2D eigenvalue weighted by Gasteiger charge is 2.71. The van der Waals surface area contributed by atoms with Crippen LogP contribution in [0, 0.1) is 28.6 Å². The minimum Gasteiger partial charge on any atom is -0.363 e. The van der Waals surface area contributed by atoms with Crippen LogP contribution in [-0.4, -0.2) is 83.6 Å². The van der Waals surface area contributed by atoms with Crippen molar-refractivity contribution in [3.05, 3.63) is 0 Å². The summed E-state index contributed by atoms with van der Waals surface area (Å²) in [6, 6.07) is -2.48. The third-order valence-corrected chi connectivity index (χ3v) is 14.2. The number of urea groups is 1. The average molecular weight is 650 g/mol. The first-order valence-corrected chi connectivity index (χ1v) is 18.3. The topological polar surface area (TPSA) is 185 Å². The average Bonchev–Trinajstić information content (AvgIpc) is 3.59. The number of piperidine rings is 1. The van der Waals surface area contributed by atoms with Crippen LogP contribution in [-0.2, 0) is 29.0 Å². The third-order valence-electron chi connectivity index (χ3n) is 11.8. The third kappa shape index (κ3) is 5.75. The molecule has 3 saturated carbocycles. The van der Waals surface area contributed by atoms with Gasteiger partial charge >= 0.3 is 6.03 Å². The zero-order chi connectivity index (χ0) is 33.3. The highest BCUT2D eigenvalue weighted by atomic mass is 32.2. The van der Waals surface area contributed by atoms with Gasteiger partial charge in [0.1, 0.15) is 17.6 Å². The monoisotopic (exact) mass is 649 g/mol. The van der Waals surface area contributed by atoms with Gasteiger partial charge in [-0.25, -0.2) is 13.2 Å².